The summed E-state index contributed by atoms with van der Waals surface area (Å²) in [5.41, 5.74) is -3.45. The summed E-state index contributed by atoms with van der Waals surface area (Å²) >= 11 is -0.557. The summed E-state index contributed by atoms with van der Waals surface area (Å²) < 4.78 is 44.7. The lowest BCUT2D eigenvalue weighted by Crippen LogP contribution is -2.13. The Kier molecular flexibility index (Phi) is 4.78. The van der Waals surface area contributed by atoms with Gasteiger partial charge in [-0.2, -0.15) is 13.2 Å². The van der Waals surface area contributed by atoms with Crippen LogP contribution in [0.4, 0.5) is 13.2 Å². The molecule has 0 bridgehead atoms. The second-order valence-corrected chi connectivity index (χ2v) is 6.95. The molecule has 0 aliphatic heterocycles. The molecule has 0 spiro atoms. The van der Waals surface area contributed by atoms with Crippen molar-refractivity contribution in [1.29, 1.82) is 0 Å². The number of fused-ring (bicyclic) bond motifs is 5. The van der Waals surface area contributed by atoms with Gasteiger partial charge in [0.25, 0.3) is 5.56 Å². The maximum absolute atomic E-state index is 13.1. The van der Waals surface area contributed by atoms with Gasteiger partial charge in [-0.05, 0) is 24.3 Å². The molecule has 0 unspecified atom stereocenters. The number of rotatable bonds is 2. The zero-order valence-electron chi connectivity index (χ0n) is 15.6. The van der Waals surface area contributed by atoms with Gasteiger partial charge in [-0.25, -0.2) is 0 Å². The van der Waals surface area contributed by atoms with Crippen molar-refractivity contribution >= 4 is 50.0 Å². The normalized spacial score (nSPS) is 11.9. The molecule has 0 aliphatic carbocycles. The highest BCUT2D eigenvalue weighted by atomic mass is 32.2. The van der Waals surface area contributed by atoms with Crippen LogP contribution in [0.1, 0.15) is 13.8 Å². The van der Waals surface area contributed by atoms with Crippen molar-refractivity contribution in [1.82, 2.24) is 4.40 Å². The highest BCUT2D eigenvalue weighted by Gasteiger charge is 2.32. The van der Waals surface area contributed by atoms with E-state index in [-0.39, 0.29) is 11.3 Å². The maximum Gasteiger partial charge on any atom is 0.479 e. The fraction of sp³-hybridized carbons (Fsp3) is 0.136. The van der Waals surface area contributed by atoms with Crippen molar-refractivity contribution in [3.8, 4) is 5.75 Å². The molecule has 148 valence electrons. The Morgan fingerprint density at radius 3 is 2.14 bits per heavy atom. The lowest BCUT2D eigenvalue weighted by molar-refractivity contribution is -0.0369. The largest absolute Gasteiger partial charge is 0.479 e. The third-order valence-corrected chi connectivity index (χ3v) is 5.11. The smallest absolute Gasteiger partial charge is 0.416 e. The molecule has 0 radical (unpaired) electrons. The SMILES string of the molecule is CC.O=c1c2ccccc2c2c(OSC(F)(F)F)ccc3c4ccccc4n1c32. The van der Waals surface area contributed by atoms with E-state index in [1.807, 2.05) is 38.1 Å². The molecule has 0 saturated heterocycles. The van der Waals surface area contributed by atoms with E-state index in [2.05, 4.69) is 0 Å². The third kappa shape index (κ3) is 3.06. The number of halogens is 3. The number of nitrogens with zero attached hydrogens (tertiary/aromatic N) is 1. The van der Waals surface area contributed by atoms with Gasteiger partial charge in [-0.3, -0.25) is 9.20 Å². The summed E-state index contributed by atoms with van der Waals surface area (Å²) in [5.74, 6) is 0.0776. The Balaban J connectivity index is 0.000000994. The first-order valence-electron chi connectivity index (χ1n) is 9.08. The third-order valence-electron chi connectivity index (χ3n) is 4.65. The fourth-order valence-corrected chi connectivity index (χ4v) is 4.00. The summed E-state index contributed by atoms with van der Waals surface area (Å²) in [6.07, 6.45) is 0. The summed E-state index contributed by atoms with van der Waals surface area (Å²) in [5, 5.41) is 3.16. The number of pyridine rings is 1. The molecule has 0 N–H and O–H groups in total. The van der Waals surface area contributed by atoms with E-state index < -0.39 is 17.6 Å². The van der Waals surface area contributed by atoms with E-state index >= 15 is 0 Å². The van der Waals surface area contributed by atoms with Gasteiger partial charge in [0.1, 0.15) is 5.75 Å². The molecule has 2 heterocycles. The van der Waals surface area contributed by atoms with Gasteiger partial charge < -0.3 is 4.18 Å². The van der Waals surface area contributed by atoms with Gasteiger partial charge in [0.2, 0.25) is 0 Å². The lowest BCUT2D eigenvalue weighted by Gasteiger charge is -2.12. The first kappa shape index (κ1) is 19.4. The predicted octanol–water partition coefficient (Wildman–Crippen LogP) is 6.77. The average molecular weight is 415 g/mol. The van der Waals surface area contributed by atoms with Crippen LogP contribution < -0.4 is 9.74 Å². The van der Waals surface area contributed by atoms with Crippen LogP contribution in [0.5, 0.6) is 5.75 Å². The Bertz CT molecular complexity index is 1390. The molecule has 7 heteroatoms. The highest BCUT2D eigenvalue weighted by Crippen LogP contribution is 2.42. The maximum atomic E-state index is 13.1. The molecule has 2 aromatic heterocycles. The van der Waals surface area contributed by atoms with Crippen molar-refractivity contribution in [3.05, 3.63) is 71.0 Å². The van der Waals surface area contributed by atoms with Gasteiger partial charge in [0, 0.05) is 21.5 Å². The molecule has 5 aromatic rings. The molecule has 0 aliphatic rings. The first-order chi connectivity index (χ1) is 14.0. The highest BCUT2D eigenvalue weighted by molar-refractivity contribution is 7.95. The van der Waals surface area contributed by atoms with E-state index in [0.29, 0.717) is 27.2 Å². The van der Waals surface area contributed by atoms with Crippen LogP contribution in [-0.4, -0.2) is 9.91 Å². The van der Waals surface area contributed by atoms with Crippen LogP contribution in [0.25, 0.3) is 38.0 Å². The monoisotopic (exact) mass is 415 g/mol. The van der Waals surface area contributed by atoms with Gasteiger partial charge in [0.05, 0.1) is 16.4 Å². The minimum absolute atomic E-state index is 0.0776. The molecule has 3 aromatic carbocycles. The van der Waals surface area contributed by atoms with Gasteiger partial charge in [0.15, 0.2) is 12.0 Å². The first-order valence-corrected chi connectivity index (χ1v) is 9.82. The fourth-order valence-electron chi connectivity index (χ4n) is 3.68. The quantitative estimate of drug-likeness (QED) is 0.235. The van der Waals surface area contributed by atoms with Gasteiger partial charge >= 0.3 is 5.51 Å². The molecule has 5 rings (SSSR count). The second-order valence-electron chi connectivity index (χ2n) is 6.15. The van der Waals surface area contributed by atoms with E-state index in [4.69, 9.17) is 4.18 Å². The summed E-state index contributed by atoms with van der Waals surface area (Å²) in [7, 11) is 0. The number of hydrogen-bond donors (Lipinski definition) is 0. The van der Waals surface area contributed by atoms with Crippen molar-refractivity contribution in [2.75, 3.05) is 0 Å². The molecule has 0 saturated carbocycles. The number of benzene rings is 3. The van der Waals surface area contributed by atoms with E-state index in [9.17, 15) is 18.0 Å². The standard InChI is InChI=1S/C20H10F3NO2S.C2H6/c21-20(22,23)27-26-16-10-9-13-11-5-3-4-8-15(11)24-18(13)17(16)12-6-1-2-7-14(12)19(24)25;1-2/h1-10H;1-2H3. The molecular weight excluding hydrogens is 399 g/mol. The Hall–Kier alpha value is -2.93. The molecule has 29 heavy (non-hydrogen) atoms. The summed E-state index contributed by atoms with van der Waals surface area (Å²) in [4.78, 5) is 13.1. The van der Waals surface area contributed by atoms with Crippen LogP contribution in [0.3, 0.4) is 0 Å². The van der Waals surface area contributed by atoms with Crippen LogP contribution in [0, 0.1) is 0 Å². The van der Waals surface area contributed by atoms with E-state index in [1.54, 1.807) is 34.7 Å². The average Bonchev–Trinajstić information content (AvgIpc) is 3.07. The number of aromatic nitrogens is 1. The minimum Gasteiger partial charge on any atom is -0.416 e. The Labute approximate surface area is 168 Å². The van der Waals surface area contributed by atoms with Crippen LogP contribution in [0.15, 0.2) is 65.5 Å². The van der Waals surface area contributed by atoms with Crippen LogP contribution >= 0.6 is 12.0 Å². The van der Waals surface area contributed by atoms with Gasteiger partial charge in [-0.15, -0.1) is 0 Å². The van der Waals surface area contributed by atoms with E-state index in [1.165, 1.54) is 6.07 Å². The number of alkyl halides is 3. The number of para-hydroxylation sites is 1. The molecule has 0 atom stereocenters. The minimum atomic E-state index is -4.53. The van der Waals surface area contributed by atoms with Crippen molar-refractivity contribution in [2.24, 2.45) is 0 Å². The predicted molar refractivity (Wildman–Crippen MR) is 113 cm³/mol. The summed E-state index contributed by atoms with van der Waals surface area (Å²) in [6.45, 7) is 4.00. The molecule has 0 amide bonds. The van der Waals surface area contributed by atoms with Crippen molar-refractivity contribution in [3.63, 3.8) is 0 Å². The van der Waals surface area contributed by atoms with Crippen LogP contribution in [-0.2, 0) is 0 Å². The van der Waals surface area contributed by atoms with Crippen molar-refractivity contribution < 1.29 is 17.4 Å². The zero-order chi connectivity index (χ0) is 20.8. The lowest BCUT2D eigenvalue weighted by atomic mass is 10.0. The van der Waals surface area contributed by atoms with E-state index in [0.717, 1.165) is 10.8 Å². The molecular formula is C22H16F3NO2S. The number of hydrogen-bond acceptors (Lipinski definition) is 3. The topological polar surface area (TPSA) is 30.7 Å². The van der Waals surface area contributed by atoms with Crippen LogP contribution in [0.2, 0.25) is 0 Å². The van der Waals surface area contributed by atoms with Gasteiger partial charge in [-0.1, -0.05) is 50.2 Å². The Morgan fingerprint density at radius 2 is 1.45 bits per heavy atom. The zero-order valence-corrected chi connectivity index (χ0v) is 16.4. The Morgan fingerprint density at radius 1 is 0.828 bits per heavy atom. The van der Waals surface area contributed by atoms with Crippen molar-refractivity contribution in [2.45, 2.75) is 19.4 Å². The second kappa shape index (κ2) is 7.15. The summed E-state index contributed by atoms with van der Waals surface area (Å²) in [6, 6.07) is 17.5. The molecule has 0 fully saturated rings. The molecule has 3 nitrogen and oxygen atoms in total.